The Balaban J connectivity index is 2.36. The van der Waals surface area contributed by atoms with E-state index in [9.17, 15) is 4.79 Å². The van der Waals surface area contributed by atoms with Crippen LogP contribution in [0.1, 0.15) is 12.5 Å². The summed E-state index contributed by atoms with van der Waals surface area (Å²) < 4.78 is 5.07. The lowest BCUT2D eigenvalue weighted by Crippen LogP contribution is -2.38. The number of aliphatic hydroxyl groups is 1. The maximum Gasteiger partial charge on any atom is 0.234 e. The van der Waals surface area contributed by atoms with Gasteiger partial charge in [-0.15, -0.1) is 0 Å². The minimum Gasteiger partial charge on any atom is -0.497 e. The molecule has 0 heterocycles. The molecule has 1 aromatic rings. The number of benzene rings is 1. The highest BCUT2D eigenvalue weighted by atomic mass is 16.5. The normalized spacial score (nSPS) is 10.5. The van der Waals surface area contributed by atoms with Crippen LogP contribution in [0.3, 0.4) is 0 Å². The fourth-order valence-electron chi connectivity index (χ4n) is 1.69. The molecule has 0 atom stereocenters. The molecule has 0 fully saturated rings. The van der Waals surface area contributed by atoms with Gasteiger partial charge in [-0.3, -0.25) is 9.69 Å². The van der Waals surface area contributed by atoms with Crippen LogP contribution in [0.2, 0.25) is 0 Å². The second kappa shape index (κ2) is 8.50. The molecule has 0 saturated heterocycles. The number of nitrogens with zero attached hydrogens (tertiary/aromatic N) is 1. The number of methoxy groups -OCH3 is 1. The molecule has 19 heavy (non-hydrogen) atoms. The van der Waals surface area contributed by atoms with E-state index in [1.54, 1.807) is 7.11 Å². The van der Waals surface area contributed by atoms with Crippen LogP contribution in [0.4, 0.5) is 0 Å². The molecule has 0 radical (unpaired) electrons. The van der Waals surface area contributed by atoms with Gasteiger partial charge in [-0.2, -0.15) is 0 Å². The van der Waals surface area contributed by atoms with Crippen molar-refractivity contribution in [1.82, 2.24) is 10.2 Å². The molecule has 0 aromatic heterocycles. The third-order valence-corrected chi connectivity index (χ3v) is 2.88. The molecule has 0 saturated carbocycles. The summed E-state index contributed by atoms with van der Waals surface area (Å²) in [4.78, 5) is 13.6. The van der Waals surface area contributed by atoms with Crippen molar-refractivity contribution in [2.75, 3.05) is 33.4 Å². The van der Waals surface area contributed by atoms with Crippen molar-refractivity contribution in [3.8, 4) is 5.75 Å². The predicted molar refractivity (Wildman–Crippen MR) is 74.0 cm³/mol. The van der Waals surface area contributed by atoms with Gasteiger partial charge in [0.1, 0.15) is 5.75 Å². The zero-order valence-corrected chi connectivity index (χ0v) is 11.6. The van der Waals surface area contributed by atoms with Crippen molar-refractivity contribution in [1.29, 1.82) is 0 Å². The number of carbonyl (C=O) groups excluding carboxylic acids is 1. The number of ether oxygens (including phenoxy) is 1. The highest BCUT2D eigenvalue weighted by Gasteiger charge is 2.07. The molecule has 0 aliphatic rings. The molecule has 0 unspecified atom stereocenters. The van der Waals surface area contributed by atoms with Crippen molar-refractivity contribution < 1.29 is 14.6 Å². The second-order valence-corrected chi connectivity index (χ2v) is 4.22. The Morgan fingerprint density at radius 2 is 2.05 bits per heavy atom. The summed E-state index contributed by atoms with van der Waals surface area (Å²) in [7, 11) is 1.62. The van der Waals surface area contributed by atoms with Crippen LogP contribution < -0.4 is 10.1 Å². The van der Waals surface area contributed by atoms with Crippen LogP contribution in [0.5, 0.6) is 5.75 Å². The van der Waals surface area contributed by atoms with Gasteiger partial charge in [0.25, 0.3) is 0 Å². The average molecular weight is 266 g/mol. The summed E-state index contributed by atoms with van der Waals surface area (Å²) in [6, 6.07) is 7.58. The van der Waals surface area contributed by atoms with E-state index in [0.717, 1.165) is 17.9 Å². The van der Waals surface area contributed by atoms with Gasteiger partial charge in [0.15, 0.2) is 0 Å². The summed E-state index contributed by atoms with van der Waals surface area (Å²) in [6.45, 7) is 4.11. The van der Waals surface area contributed by atoms with E-state index in [1.807, 2.05) is 36.1 Å². The van der Waals surface area contributed by atoms with Gasteiger partial charge >= 0.3 is 0 Å². The third kappa shape index (κ3) is 5.72. The maximum atomic E-state index is 11.7. The molecule has 1 amide bonds. The number of amides is 1. The van der Waals surface area contributed by atoms with E-state index in [0.29, 0.717) is 19.6 Å². The van der Waals surface area contributed by atoms with Crippen LogP contribution in [0, 0.1) is 0 Å². The van der Waals surface area contributed by atoms with E-state index in [4.69, 9.17) is 9.84 Å². The Hall–Kier alpha value is -1.59. The monoisotopic (exact) mass is 266 g/mol. The fraction of sp³-hybridized carbons (Fsp3) is 0.500. The van der Waals surface area contributed by atoms with Gasteiger partial charge in [0.2, 0.25) is 5.91 Å². The molecule has 2 N–H and O–H groups in total. The first-order valence-corrected chi connectivity index (χ1v) is 6.42. The SMILES string of the molecule is CCN(CCO)CC(=O)NCc1ccc(OC)cc1. The van der Waals surface area contributed by atoms with Crippen LogP contribution >= 0.6 is 0 Å². The van der Waals surface area contributed by atoms with E-state index >= 15 is 0 Å². The number of hydrogen-bond acceptors (Lipinski definition) is 4. The Labute approximate surface area is 114 Å². The van der Waals surface area contributed by atoms with Gasteiger partial charge in [-0.05, 0) is 24.2 Å². The molecule has 0 bridgehead atoms. The van der Waals surface area contributed by atoms with E-state index in [2.05, 4.69) is 5.32 Å². The van der Waals surface area contributed by atoms with Gasteiger partial charge in [-0.1, -0.05) is 19.1 Å². The van der Waals surface area contributed by atoms with E-state index in [-0.39, 0.29) is 12.5 Å². The first kappa shape index (κ1) is 15.5. The van der Waals surface area contributed by atoms with Crippen molar-refractivity contribution >= 4 is 5.91 Å². The summed E-state index contributed by atoms with van der Waals surface area (Å²) in [5.41, 5.74) is 1.03. The van der Waals surface area contributed by atoms with Crippen molar-refractivity contribution in [2.45, 2.75) is 13.5 Å². The van der Waals surface area contributed by atoms with Crippen LogP contribution in [-0.4, -0.2) is 49.3 Å². The van der Waals surface area contributed by atoms with Gasteiger partial charge in [0, 0.05) is 13.1 Å². The number of carbonyl (C=O) groups is 1. The summed E-state index contributed by atoms with van der Waals surface area (Å²) >= 11 is 0. The smallest absolute Gasteiger partial charge is 0.234 e. The van der Waals surface area contributed by atoms with Gasteiger partial charge in [0.05, 0.1) is 20.3 Å². The van der Waals surface area contributed by atoms with Crippen molar-refractivity contribution in [3.05, 3.63) is 29.8 Å². The molecule has 0 aliphatic carbocycles. The molecule has 106 valence electrons. The molecule has 0 spiro atoms. The van der Waals surface area contributed by atoms with Crippen LogP contribution in [0.15, 0.2) is 24.3 Å². The maximum absolute atomic E-state index is 11.7. The molecule has 1 aromatic carbocycles. The Morgan fingerprint density at radius 1 is 1.37 bits per heavy atom. The van der Waals surface area contributed by atoms with Crippen LogP contribution in [0.25, 0.3) is 0 Å². The Kier molecular flexibility index (Phi) is 6.92. The van der Waals surface area contributed by atoms with Crippen LogP contribution in [-0.2, 0) is 11.3 Å². The molecular weight excluding hydrogens is 244 g/mol. The molecular formula is C14H22N2O3. The van der Waals surface area contributed by atoms with Gasteiger partial charge in [-0.25, -0.2) is 0 Å². The molecule has 5 nitrogen and oxygen atoms in total. The fourth-order valence-corrected chi connectivity index (χ4v) is 1.69. The number of hydrogen-bond donors (Lipinski definition) is 2. The number of nitrogens with one attached hydrogen (secondary N) is 1. The lowest BCUT2D eigenvalue weighted by molar-refractivity contribution is -0.122. The molecule has 0 aliphatic heterocycles. The largest absolute Gasteiger partial charge is 0.497 e. The zero-order chi connectivity index (χ0) is 14.1. The lowest BCUT2D eigenvalue weighted by atomic mass is 10.2. The lowest BCUT2D eigenvalue weighted by Gasteiger charge is -2.18. The summed E-state index contributed by atoms with van der Waals surface area (Å²) in [5, 5.41) is 11.7. The number of aliphatic hydroxyl groups excluding tert-OH is 1. The minimum absolute atomic E-state index is 0.0360. The predicted octanol–water partition coefficient (Wildman–Crippen LogP) is 0.626. The topological polar surface area (TPSA) is 61.8 Å². The standard InChI is InChI=1S/C14H22N2O3/c1-3-16(8-9-17)11-14(18)15-10-12-4-6-13(19-2)7-5-12/h4-7,17H,3,8-11H2,1-2H3,(H,15,18). The quantitative estimate of drug-likeness (QED) is 0.724. The number of likely N-dealkylation sites (N-methyl/N-ethyl adjacent to an activating group) is 1. The van der Waals surface area contributed by atoms with Crippen molar-refractivity contribution in [3.63, 3.8) is 0 Å². The summed E-state index contributed by atoms with van der Waals surface area (Å²) in [6.07, 6.45) is 0. The Bertz CT molecular complexity index is 379. The Morgan fingerprint density at radius 3 is 2.58 bits per heavy atom. The molecule has 5 heteroatoms. The summed E-state index contributed by atoms with van der Waals surface area (Å²) in [5.74, 6) is 0.765. The minimum atomic E-state index is -0.0360. The average Bonchev–Trinajstić information content (AvgIpc) is 2.45. The highest BCUT2D eigenvalue weighted by molar-refractivity contribution is 5.78. The van der Waals surface area contributed by atoms with Gasteiger partial charge < -0.3 is 15.2 Å². The van der Waals surface area contributed by atoms with E-state index in [1.165, 1.54) is 0 Å². The second-order valence-electron chi connectivity index (χ2n) is 4.22. The molecule has 1 rings (SSSR count). The van der Waals surface area contributed by atoms with E-state index < -0.39 is 0 Å². The number of rotatable bonds is 8. The zero-order valence-electron chi connectivity index (χ0n) is 11.6. The first-order valence-electron chi connectivity index (χ1n) is 6.42. The third-order valence-electron chi connectivity index (χ3n) is 2.88. The first-order chi connectivity index (χ1) is 9.19. The van der Waals surface area contributed by atoms with Crippen molar-refractivity contribution in [2.24, 2.45) is 0 Å². The highest BCUT2D eigenvalue weighted by Crippen LogP contribution is 2.10.